The Balaban J connectivity index is 1.90. The third-order valence-electron chi connectivity index (χ3n) is 3.72. The monoisotopic (exact) mass is 359 g/mol. The average molecular weight is 359 g/mol. The van der Waals surface area contributed by atoms with Gasteiger partial charge in [0.15, 0.2) is 6.54 Å². The van der Waals surface area contributed by atoms with Gasteiger partial charge in [0.1, 0.15) is 6.54 Å². The van der Waals surface area contributed by atoms with Gasteiger partial charge >= 0.3 is 5.97 Å². The molecule has 2 aromatic carbocycles. The van der Waals surface area contributed by atoms with Crippen molar-refractivity contribution >= 4 is 29.3 Å². The molecule has 0 saturated heterocycles. The van der Waals surface area contributed by atoms with E-state index >= 15 is 0 Å². The number of anilines is 1. The van der Waals surface area contributed by atoms with Gasteiger partial charge in [0.25, 0.3) is 5.91 Å². The van der Waals surface area contributed by atoms with Crippen molar-refractivity contribution in [3.05, 3.63) is 59.7 Å². The molecule has 1 unspecified atom stereocenters. The van der Waals surface area contributed by atoms with E-state index in [1.54, 1.807) is 23.9 Å². The molecule has 132 valence electrons. The molecule has 0 heterocycles. The highest BCUT2D eigenvalue weighted by Gasteiger charge is 2.13. The van der Waals surface area contributed by atoms with Gasteiger partial charge in [0, 0.05) is 10.5 Å². The van der Waals surface area contributed by atoms with E-state index in [1.165, 1.54) is 7.11 Å². The Morgan fingerprint density at radius 2 is 1.80 bits per heavy atom. The van der Waals surface area contributed by atoms with Crippen LogP contribution in [-0.2, 0) is 16.1 Å². The fraction of sp³-hybridized carbons (Fsp3) is 0.263. The third-order valence-corrected chi connectivity index (χ3v) is 4.52. The third kappa shape index (κ3) is 5.62. The van der Waals surface area contributed by atoms with Crippen molar-refractivity contribution in [3.8, 4) is 0 Å². The van der Waals surface area contributed by atoms with Crippen LogP contribution >= 0.6 is 11.8 Å². The van der Waals surface area contributed by atoms with E-state index in [0.717, 1.165) is 21.0 Å². The Bertz CT molecular complexity index is 732. The number of esters is 1. The first-order valence-electron chi connectivity index (χ1n) is 7.95. The van der Waals surface area contributed by atoms with Crippen LogP contribution in [0.15, 0.2) is 53.4 Å². The summed E-state index contributed by atoms with van der Waals surface area (Å²) < 4.78 is 4.69. The Hall–Kier alpha value is -2.31. The highest BCUT2D eigenvalue weighted by Crippen LogP contribution is 2.24. The molecule has 0 aliphatic heterocycles. The molecule has 5 nitrogen and oxygen atoms in total. The fourth-order valence-corrected chi connectivity index (χ4v) is 3.06. The predicted molar refractivity (Wildman–Crippen MR) is 100 cm³/mol. The summed E-state index contributed by atoms with van der Waals surface area (Å²) in [5.74, 6) is -0.371. The molecule has 0 aliphatic carbocycles. The van der Waals surface area contributed by atoms with Crippen LogP contribution in [-0.4, -0.2) is 38.8 Å². The topological polar surface area (TPSA) is 59.8 Å². The summed E-state index contributed by atoms with van der Waals surface area (Å²) in [6.45, 7) is 1.06. The first-order valence-corrected chi connectivity index (χ1v) is 9.17. The van der Waals surface area contributed by atoms with E-state index in [1.807, 2.05) is 49.7 Å². The van der Waals surface area contributed by atoms with Gasteiger partial charge in [-0.1, -0.05) is 24.3 Å². The van der Waals surface area contributed by atoms with Gasteiger partial charge in [-0.25, -0.2) is 4.79 Å². The van der Waals surface area contributed by atoms with Gasteiger partial charge in [-0.15, -0.1) is 11.8 Å². The summed E-state index contributed by atoms with van der Waals surface area (Å²) in [4.78, 5) is 25.8. The summed E-state index contributed by atoms with van der Waals surface area (Å²) in [7, 11) is 3.33. The zero-order valence-corrected chi connectivity index (χ0v) is 15.5. The molecule has 25 heavy (non-hydrogen) atoms. The summed E-state index contributed by atoms with van der Waals surface area (Å²) in [6.07, 6.45) is 1.99. The molecule has 0 aliphatic rings. The Morgan fingerprint density at radius 1 is 1.12 bits per heavy atom. The van der Waals surface area contributed by atoms with Crippen molar-refractivity contribution in [3.63, 3.8) is 0 Å². The van der Waals surface area contributed by atoms with E-state index in [0.29, 0.717) is 18.7 Å². The number of likely N-dealkylation sites (N-methyl/N-ethyl adjacent to an activating group) is 1. The first-order chi connectivity index (χ1) is 12.0. The first kappa shape index (κ1) is 19.0. The van der Waals surface area contributed by atoms with Crippen molar-refractivity contribution in [2.45, 2.75) is 11.4 Å². The number of carbonyl (C=O) groups is 2. The molecule has 0 bridgehead atoms. The van der Waals surface area contributed by atoms with Gasteiger partial charge < -0.3 is 15.0 Å². The summed E-state index contributed by atoms with van der Waals surface area (Å²) in [5, 5.41) is 2.97. The van der Waals surface area contributed by atoms with Crippen molar-refractivity contribution in [1.29, 1.82) is 0 Å². The van der Waals surface area contributed by atoms with Crippen LogP contribution in [0, 0.1) is 0 Å². The van der Waals surface area contributed by atoms with Crippen LogP contribution in [0.25, 0.3) is 0 Å². The normalized spacial score (nSPS) is 11.6. The van der Waals surface area contributed by atoms with Gasteiger partial charge in [0.2, 0.25) is 0 Å². The lowest BCUT2D eigenvalue weighted by atomic mass is 10.1. The molecule has 0 saturated carbocycles. The van der Waals surface area contributed by atoms with Crippen molar-refractivity contribution in [2.24, 2.45) is 0 Å². The maximum absolute atomic E-state index is 12.3. The predicted octanol–water partition coefficient (Wildman–Crippen LogP) is 1.85. The molecular weight excluding hydrogens is 336 g/mol. The van der Waals surface area contributed by atoms with Crippen LogP contribution < -0.4 is 10.2 Å². The number of para-hydroxylation sites is 1. The highest BCUT2D eigenvalue weighted by molar-refractivity contribution is 7.98. The van der Waals surface area contributed by atoms with Crippen LogP contribution in [0.1, 0.15) is 15.9 Å². The number of ether oxygens (including phenoxy) is 1. The minimum absolute atomic E-state index is 0.0230. The molecule has 2 aromatic rings. The summed E-state index contributed by atoms with van der Waals surface area (Å²) in [5.41, 5.74) is 2.42. The quantitative estimate of drug-likeness (QED) is 0.585. The van der Waals surface area contributed by atoms with E-state index in [9.17, 15) is 9.59 Å². The van der Waals surface area contributed by atoms with Crippen molar-refractivity contribution < 1.29 is 19.2 Å². The van der Waals surface area contributed by atoms with Crippen LogP contribution in [0.4, 0.5) is 5.69 Å². The van der Waals surface area contributed by atoms with Crippen LogP contribution in [0.5, 0.6) is 0 Å². The van der Waals surface area contributed by atoms with E-state index < -0.39 is 0 Å². The minimum atomic E-state index is -0.348. The maximum Gasteiger partial charge on any atom is 0.337 e. The van der Waals surface area contributed by atoms with Crippen LogP contribution in [0.2, 0.25) is 0 Å². The molecule has 0 fully saturated rings. The summed E-state index contributed by atoms with van der Waals surface area (Å²) in [6, 6.07) is 15.0. The zero-order valence-electron chi connectivity index (χ0n) is 14.7. The highest BCUT2D eigenvalue weighted by atomic mass is 32.2. The van der Waals surface area contributed by atoms with Crippen molar-refractivity contribution in [1.82, 2.24) is 0 Å². The van der Waals surface area contributed by atoms with E-state index in [2.05, 4.69) is 10.1 Å². The number of benzene rings is 2. The standard InChI is InChI=1S/C19H22N2O3S/c1-21(12-14-8-10-15(11-9-14)19(23)24-2)13-18(22)20-16-6-4-5-7-17(16)25-3/h4-11H,12-13H2,1-3H3,(H,20,22)/p+1. The number of nitrogens with one attached hydrogen (secondary N) is 2. The van der Waals surface area contributed by atoms with Gasteiger partial charge in [-0.3, -0.25) is 4.79 Å². The number of thioether (sulfide) groups is 1. The number of hydrogen-bond donors (Lipinski definition) is 2. The van der Waals surface area contributed by atoms with Gasteiger partial charge in [-0.2, -0.15) is 0 Å². The lowest BCUT2D eigenvalue weighted by Crippen LogP contribution is -3.08. The number of amides is 1. The molecule has 1 atom stereocenters. The fourth-order valence-electron chi connectivity index (χ4n) is 2.50. The number of methoxy groups -OCH3 is 1. The molecule has 0 radical (unpaired) electrons. The second kappa shape index (κ2) is 9.25. The molecule has 2 N–H and O–H groups in total. The zero-order chi connectivity index (χ0) is 18.2. The van der Waals surface area contributed by atoms with Crippen molar-refractivity contribution in [2.75, 3.05) is 32.3 Å². The largest absolute Gasteiger partial charge is 0.465 e. The van der Waals surface area contributed by atoms with Gasteiger partial charge in [0.05, 0.1) is 25.4 Å². The number of hydrogen-bond acceptors (Lipinski definition) is 4. The molecule has 2 rings (SSSR count). The lowest BCUT2D eigenvalue weighted by molar-refractivity contribution is -0.885. The second-order valence-electron chi connectivity index (χ2n) is 5.75. The van der Waals surface area contributed by atoms with Gasteiger partial charge in [-0.05, 0) is 30.5 Å². The lowest BCUT2D eigenvalue weighted by Gasteiger charge is -2.15. The second-order valence-corrected chi connectivity index (χ2v) is 6.60. The SMILES string of the molecule is COC(=O)c1ccc(C[NH+](C)CC(=O)Nc2ccccc2SC)cc1. The number of rotatable bonds is 7. The average Bonchev–Trinajstić information content (AvgIpc) is 2.62. The molecule has 6 heteroatoms. The van der Waals surface area contributed by atoms with E-state index in [4.69, 9.17) is 0 Å². The Labute approximate surface area is 152 Å². The molecule has 0 spiro atoms. The minimum Gasteiger partial charge on any atom is -0.465 e. The molecule has 1 amide bonds. The van der Waals surface area contributed by atoms with Crippen LogP contribution in [0.3, 0.4) is 0 Å². The Morgan fingerprint density at radius 3 is 2.44 bits per heavy atom. The molecular formula is C19H23N2O3S+. The Kier molecular flexibility index (Phi) is 7.03. The molecule has 0 aromatic heterocycles. The smallest absolute Gasteiger partial charge is 0.337 e. The number of carbonyl (C=O) groups excluding carboxylic acids is 2. The van der Waals surface area contributed by atoms with E-state index in [-0.39, 0.29) is 11.9 Å². The maximum atomic E-state index is 12.3. The summed E-state index contributed by atoms with van der Waals surface area (Å²) >= 11 is 1.61. The number of quaternary nitrogens is 1.